The third-order valence-corrected chi connectivity index (χ3v) is 4.89. The third-order valence-electron chi connectivity index (χ3n) is 4.89. The topological polar surface area (TPSA) is 69.2 Å². The molecule has 0 aliphatic carbocycles. The number of aromatic nitrogens is 3. The summed E-state index contributed by atoms with van der Waals surface area (Å²) in [5, 5.41) is 8.53. The maximum atomic E-state index is 13.4. The number of hydrogen-bond acceptors (Lipinski definition) is 5. The first-order valence-electron chi connectivity index (χ1n) is 8.47. The van der Waals surface area contributed by atoms with Crippen molar-refractivity contribution >= 4 is 0 Å². The van der Waals surface area contributed by atoms with Gasteiger partial charge in [0.25, 0.3) is 0 Å². The number of piperidine rings is 1. The van der Waals surface area contributed by atoms with Crippen molar-refractivity contribution in [3.8, 4) is 5.88 Å². The highest BCUT2D eigenvalue weighted by Crippen LogP contribution is 2.29. The lowest BCUT2D eigenvalue weighted by atomic mass is 9.99. The van der Waals surface area contributed by atoms with Crippen molar-refractivity contribution in [2.75, 3.05) is 19.7 Å². The van der Waals surface area contributed by atoms with Crippen LogP contribution in [0.2, 0.25) is 0 Å². The number of rotatable bonds is 3. The Morgan fingerprint density at radius 2 is 2.12 bits per heavy atom. The maximum absolute atomic E-state index is 13.4. The molecule has 0 amide bonds. The van der Waals surface area contributed by atoms with Crippen LogP contribution < -0.4 is 10.5 Å². The molecule has 1 aromatic heterocycles. The van der Waals surface area contributed by atoms with Crippen LogP contribution >= 0.6 is 0 Å². The second kappa shape index (κ2) is 6.49. The first kappa shape index (κ1) is 15.5. The van der Waals surface area contributed by atoms with E-state index in [4.69, 9.17) is 10.5 Å². The Hall–Kier alpha value is -1.99. The minimum Gasteiger partial charge on any atom is -0.476 e. The zero-order valence-electron chi connectivity index (χ0n) is 13.6. The fraction of sp³-hybridized carbons (Fsp3) is 0.529. The van der Waals surface area contributed by atoms with Gasteiger partial charge in [-0.25, -0.2) is 9.07 Å². The Morgan fingerprint density at radius 3 is 2.92 bits per heavy atom. The molecule has 2 aliphatic rings. The van der Waals surface area contributed by atoms with Gasteiger partial charge in [0.05, 0.1) is 13.2 Å². The summed E-state index contributed by atoms with van der Waals surface area (Å²) in [5.74, 6) is 0.620. The van der Waals surface area contributed by atoms with Gasteiger partial charge in [0, 0.05) is 31.6 Å². The molecule has 2 aliphatic heterocycles. The van der Waals surface area contributed by atoms with Gasteiger partial charge in [-0.2, -0.15) is 0 Å². The average Bonchev–Trinajstić information content (AvgIpc) is 2.99. The van der Waals surface area contributed by atoms with Crippen LogP contribution in [0.5, 0.6) is 5.88 Å². The molecule has 128 valence electrons. The van der Waals surface area contributed by atoms with Crippen LogP contribution in [0.3, 0.4) is 0 Å². The largest absolute Gasteiger partial charge is 0.476 e. The van der Waals surface area contributed by atoms with Gasteiger partial charge in [-0.3, -0.25) is 4.90 Å². The monoisotopic (exact) mass is 331 g/mol. The molecule has 24 heavy (non-hydrogen) atoms. The Balaban J connectivity index is 1.45. The van der Waals surface area contributed by atoms with Crippen molar-refractivity contribution in [1.29, 1.82) is 0 Å². The lowest BCUT2D eigenvalue weighted by molar-refractivity contribution is 0.184. The number of halogens is 1. The van der Waals surface area contributed by atoms with Crippen molar-refractivity contribution in [2.45, 2.75) is 37.9 Å². The summed E-state index contributed by atoms with van der Waals surface area (Å²) in [6.45, 7) is 3.90. The molecular weight excluding hydrogens is 309 g/mol. The standard InChI is InChI=1S/C17H22FN5O/c18-14-3-1-2-12(8-14)13-9-23-17(24-11-13)16(20-21-23)10-22-6-4-15(19)5-7-22/h1-3,8,13,15H,4-7,9-11,19H2. The van der Waals surface area contributed by atoms with Gasteiger partial charge in [0.15, 0.2) is 0 Å². The van der Waals surface area contributed by atoms with Crippen molar-refractivity contribution < 1.29 is 9.13 Å². The fourth-order valence-corrected chi connectivity index (χ4v) is 3.44. The van der Waals surface area contributed by atoms with E-state index in [1.54, 1.807) is 16.8 Å². The van der Waals surface area contributed by atoms with Gasteiger partial charge in [0.1, 0.15) is 11.5 Å². The number of nitrogens with two attached hydrogens (primary N) is 1. The Morgan fingerprint density at radius 1 is 1.29 bits per heavy atom. The number of hydrogen-bond donors (Lipinski definition) is 1. The lowest BCUT2D eigenvalue weighted by Gasteiger charge is -2.30. The maximum Gasteiger partial charge on any atom is 0.237 e. The van der Waals surface area contributed by atoms with E-state index < -0.39 is 0 Å². The highest BCUT2D eigenvalue weighted by molar-refractivity contribution is 5.25. The van der Waals surface area contributed by atoms with Crippen molar-refractivity contribution in [2.24, 2.45) is 5.73 Å². The smallest absolute Gasteiger partial charge is 0.237 e. The number of benzene rings is 1. The summed E-state index contributed by atoms with van der Waals surface area (Å²) in [4.78, 5) is 2.34. The number of ether oxygens (including phenoxy) is 1. The van der Waals surface area contributed by atoms with Crippen LogP contribution in [0.25, 0.3) is 0 Å². The van der Waals surface area contributed by atoms with E-state index in [9.17, 15) is 4.39 Å². The van der Waals surface area contributed by atoms with Crippen molar-refractivity contribution in [3.63, 3.8) is 0 Å². The summed E-state index contributed by atoms with van der Waals surface area (Å²) in [6.07, 6.45) is 2.04. The summed E-state index contributed by atoms with van der Waals surface area (Å²) >= 11 is 0. The zero-order valence-corrected chi connectivity index (χ0v) is 13.6. The molecule has 1 atom stereocenters. The van der Waals surface area contributed by atoms with Crippen molar-refractivity contribution in [1.82, 2.24) is 19.9 Å². The molecule has 1 aromatic carbocycles. The number of nitrogens with zero attached hydrogens (tertiary/aromatic N) is 4. The molecule has 2 aromatic rings. The summed E-state index contributed by atoms with van der Waals surface area (Å²) < 4.78 is 21.1. The second-order valence-electron chi connectivity index (χ2n) is 6.70. The molecule has 6 nitrogen and oxygen atoms in total. The van der Waals surface area contributed by atoms with Crippen molar-refractivity contribution in [3.05, 3.63) is 41.3 Å². The first-order chi connectivity index (χ1) is 11.7. The minimum absolute atomic E-state index is 0.0933. The highest BCUT2D eigenvalue weighted by Gasteiger charge is 2.27. The number of likely N-dealkylation sites (tertiary alicyclic amines) is 1. The molecule has 2 N–H and O–H groups in total. The molecule has 0 saturated carbocycles. The van der Waals surface area contributed by atoms with Crippen LogP contribution in [-0.4, -0.2) is 45.6 Å². The van der Waals surface area contributed by atoms with E-state index in [0.29, 0.717) is 19.2 Å². The van der Waals surface area contributed by atoms with Crippen LogP contribution in [0.4, 0.5) is 4.39 Å². The predicted molar refractivity (Wildman–Crippen MR) is 87.1 cm³/mol. The normalized spacial score (nSPS) is 22.2. The van der Waals surface area contributed by atoms with E-state index in [0.717, 1.165) is 49.6 Å². The van der Waals surface area contributed by atoms with E-state index in [2.05, 4.69) is 15.2 Å². The summed E-state index contributed by atoms with van der Waals surface area (Å²) in [6, 6.07) is 6.99. The molecule has 0 radical (unpaired) electrons. The van der Waals surface area contributed by atoms with Gasteiger partial charge in [-0.1, -0.05) is 17.3 Å². The molecule has 1 fully saturated rings. The Labute approximate surface area is 140 Å². The highest BCUT2D eigenvalue weighted by atomic mass is 19.1. The van der Waals surface area contributed by atoms with Gasteiger partial charge in [0.2, 0.25) is 5.88 Å². The van der Waals surface area contributed by atoms with Gasteiger partial charge in [-0.15, -0.1) is 5.10 Å². The molecule has 1 saturated heterocycles. The van der Waals surface area contributed by atoms with Crippen LogP contribution in [0.1, 0.15) is 30.0 Å². The second-order valence-corrected chi connectivity index (χ2v) is 6.70. The minimum atomic E-state index is -0.221. The third kappa shape index (κ3) is 3.14. The Bertz CT molecular complexity index is 711. The molecule has 0 bridgehead atoms. The van der Waals surface area contributed by atoms with Gasteiger partial charge >= 0.3 is 0 Å². The van der Waals surface area contributed by atoms with Gasteiger partial charge in [-0.05, 0) is 30.5 Å². The molecule has 7 heteroatoms. The van der Waals surface area contributed by atoms with Crippen LogP contribution in [0.15, 0.2) is 24.3 Å². The average molecular weight is 331 g/mol. The van der Waals surface area contributed by atoms with Gasteiger partial charge < -0.3 is 10.5 Å². The van der Waals surface area contributed by atoms with E-state index in [1.165, 1.54) is 6.07 Å². The van der Waals surface area contributed by atoms with E-state index in [1.807, 2.05) is 6.07 Å². The predicted octanol–water partition coefficient (Wildman–Crippen LogP) is 1.52. The van der Waals surface area contributed by atoms with Crippen LogP contribution in [-0.2, 0) is 13.1 Å². The first-order valence-corrected chi connectivity index (χ1v) is 8.47. The molecule has 1 unspecified atom stereocenters. The number of fused-ring (bicyclic) bond motifs is 1. The van der Waals surface area contributed by atoms with Crippen LogP contribution in [0, 0.1) is 5.82 Å². The lowest BCUT2D eigenvalue weighted by Crippen LogP contribution is -2.39. The van der Waals surface area contributed by atoms with E-state index in [-0.39, 0.29) is 11.7 Å². The summed E-state index contributed by atoms with van der Waals surface area (Å²) in [5.41, 5.74) is 7.76. The SMILES string of the molecule is NC1CCN(Cc2nnn3c2OCC(c2cccc(F)c2)C3)CC1. The quantitative estimate of drug-likeness (QED) is 0.923. The Kier molecular flexibility index (Phi) is 4.20. The molecule has 0 spiro atoms. The van der Waals surface area contributed by atoms with E-state index >= 15 is 0 Å². The fourth-order valence-electron chi connectivity index (χ4n) is 3.44. The molecule has 4 rings (SSSR count). The zero-order chi connectivity index (χ0) is 16.5. The molecular formula is C17H22FN5O. The summed E-state index contributed by atoms with van der Waals surface area (Å²) in [7, 11) is 0. The molecule has 3 heterocycles.